The summed E-state index contributed by atoms with van der Waals surface area (Å²) in [6.07, 6.45) is 0.674. The number of benzene rings is 1. The molecule has 0 aliphatic carbocycles. The summed E-state index contributed by atoms with van der Waals surface area (Å²) in [6, 6.07) is 6.49. The number of carbonyl (C=O) groups is 1. The molecular weight excluding hydrogens is 270 g/mol. The van der Waals surface area contributed by atoms with E-state index in [1.165, 1.54) is 11.1 Å². The molecule has 0 saturated carbocycles. The van der Waals surface area contributed by atoms with Gasteiger partial charge in [-0.15, -0.1) is 0 Å². The number of likely N-dealkylation sites (N-methyl/N-ethyl adjacent to an activating group) is 1. The zero-order chi connectivity index (χ0) is 17.3. The molecule has 0 saturated heterocycles. The van der Waals surface area contributed by atoms with Crippen LogP contribution in [0.2, 0.25) is 0 Å². The molecule has 0 radical (unpaired) electrons. The van der Waals surface area contributed by atoms with Gasteiger partial charge in [0, 0.05) is 18.3 Å². The van der Waals surface area contributed by atoms with Gasteiger partial charge >= 0.3 is 0 Å². The highest BCUT2D eigenvalue weighted by Crippen LogP contribution is 2.36. The first-order valence-electron chi connectivity index (χ1n) is 8.00. The zero-order valence-corrected chi connectivity index (χ0v) is 15.5. The van der Waals surface area contributed by atoms with Crippen molar-refractivity contribution in [2.45, 2.75) is 65.7 Å². The minimum atomic E-state index is -0.0200. The predicted molar refractivity (Wildman–Crippen MR) is 96.7 cm³/mol. The fourth-order valence-corrected chi connectivity index (χ4v) is 2.41. The maximum Gasteiger partial charge on any atom is 0.253 e. The van der Waals surface area contributed by atoms with E-state index in [1.807, 2.05) is 14.0 Å². The molecule has 0 fully saturated rings. The summed E-state index contributed by atoms with van der Waals surface area (Å²) in [4.78, 5) is 14.3. The van der Waals surface area contributed by atoms with Gasteiger partial charge in [0.2, 0.25) is 0 Å². The molecule has 0 atom stereocenters. The summed E-state index contributed by atoms with van der Waals surface area (Å²) in [5.74, 6) is -0.000871. The Labute approximate surface area is 136 Å². The van der Waals surface area contributed by atoms with Crippen LogP contribution < -0.4 is 4.90 Å². The molecule has 0 spiro atoms. The smallest absolute Gasteiger partial charge is 0.253 e. The lowest BCUT2D eigenvalue weighted by atomic mass is 9.80. The van der Waals surface area contributed by atoms with Crippen molar-refractivity contribution in [2.24, 2.45) is 0 Å². The molecule has 2 heteroatoms. The molecule has 0 bridgehead atoms. The van der Waals surface area contributed by atoms with Crippen molar-refractivity contribution < 1.29 is 4.79 Å². The van der Waals surface area contributed by atoms with E-state index in [0.29, 0.717) is 12.0 Å². The van der Waals surface area contributed by atoms with Gasteiger partial charge in [-0.1, -0.05) is 67.2 Å². The molecule has 1 aromatic carbocycles. The lowest BCUT2D eigenvalue weighted by molar-refractivity contribution is -0.115. The molecule has 0 aliphatic rings. The maximum absolute atomic E-state index is 12.5. The van der Waals surface area contributed by atoms with Crippen molar-refractivity contribution in [3.63, 3.8) is 0 Å². The Morgan fingerprint density at radius 3 is 2.05 bits per heavy atom. The second kappa shape index (κ2) is 6.28. The minimum absolute atomic E-state index is 0.000871. The van der Waals surface area contributed by atoms with Crippen molar-refractivity contribution >= 4 is 11.6 Å². The van der Waals surface area contributed by atoms with Gasteiger partial charge < -0.3 is 4.90 Å². The van der Waals surface area contributed by atoms with Gasteiger partial charge in [-0.05, 0) is 34.4 Å². The van der Waals surface area contributed by atoms with Crippen molar-refractivity contribution in [3.05, 3.63) is 41.5 Å². The molecule has 1 aromatic rings. The van der Waals surface area contributed by atoms with Crippen LogP contribution >= 0.6 is 0 Å². The Bertz CT molecular complexity index is 570. The maximum atomic E-state index is 12.5. The molecule has 2 nitrogen and oxygen atoms in total. The fourth-order valence-electron chi connectivity index (χ4n) is 2.41. The lowest BCUT2D eigenvalue weighted by Gasteiger charge is -2.30. The van der Waals surface area contributed by atoms with E-state index >= 15 is 0 Å². The molecule has 0 aliphatic heterocycles. The van der Waals surface area contributed by atoms with E-state index in [-0.39, 0.29) is 16.7 Å². The molecule has 0 aromatic heterocycles. The first kappa shape index (κ1) is 18.5. The second-order valence-electron chi connectivity index (χ2n) is 8.05. The van der Waals surface area contributed by atoms with Gasteiger partial charge in [0.25, 0.3) is 5.91 Å². The summed E-state index contributed by atoms with van der Waals surface area (Å²) in [5.41, 5.74) is 4.07. The van der Waals surface area contributed by atoms with Crippen LogP contribution in [-0.4, -0.2) is 13.0 Å². The SMILES string of the molecule is C=C(CC)C(=O)N(C)c1cc(C(C)(C)C)ccc1C(C)(C)C. The largest absolute Gasteiger partial charge is 0.311 e. The predicted octanol–water partition coefficient (Wildman–Crippen LogP) is 5.21. The third-order valence-electron chi connectivity index (χ3n) is 4.07. The monoisotopic (exact) mass is 301 g/mol. The highest BCUT2D eigenvalue weighted by atomic mass is 16.2. The number of amides is 1. The van der Waals surface area contributed by atoms with Gasteiger partial charge in [-0.25, -0.2) is 0 Å². The van der Waals surface area contributed by atoms with E-state index in [1.54, 1.807) is 4.90 Å². The van der Waals surface area contributed by atoms with E-state index < -0.39 is 0 Å². The summed E-state index contributed by atoms with van der Waals surface area (Å²) in [7, 11) is 1.85. The van der Waals surface area contributed by atoms with Crippen molar-refractivity contribution in [2.75, 3.05) is 11.9 Å². The molecule has 0 unspecified atom stereocenters. The van der Waals surface area contributed by atoms with Crippen LogP contribution in [0.3, 0.4) is 0 Å². The molecular formula is C20H31NO. The van der Waals surface area contributed by atoms with Gasteiger partial charge in [0.15, 0.2) is 0 Å². The quantitative estimate of drug-likeness (QED) is 0.702. The van der Waals surface area contributed by atoms with Crippen LogP contribution in [0.4, 0.5) is 5.69 Å². The third-order valence-corrected chi connectivity index (χ3v) is 4.07. The topological polar surface area (TPSA) is 20.3 Å². The number of hydrogen-bond donors (Lipinski definition) is 0. The van der Waals surface area contributed by atoms with E-state index in [4.69, 9.17) is 0 Å². The highest BCUT2D eigenvalue weighted by Gasteiger charge is 2.25. The molecule has 1 amide bonds. The Kier molecular flexibility index (Phi) is 5.27. The van der Waals surface area contributed by atoms with Crippen molar-refractivity contribution in [3.8, 4) is 0 Å². The Hall–Kier alpha value is -1.57. The Morgan fingerprint density at radius 2 is 1.64 bits per heavy atom. The molecule has 122 valence electrons. The van der Waals surface area contributed by atoms with Crippen LogP contribution in [0.25, 0.3) is 0 Å². The van der Waals surface area contributed by atoms with Gasteiger partial charge in [-0.3, -0.25) is 4.79 Å². The summed E-state index contributed by atoms with van der Waals surface area (Å²) in [6.45, 7) is 19.0. The highest BCUT2D eigenvalue weighted by molar-refractivity contribution is 6.05. The molecule has 0 N–H and O–H groups in total. The fraction of sp³-hybridized carbons (Fsp3) is 0.550. The second-order valence-corrected chi connectivity index (χ2v) is 8.05. The van der Waals surface area contributed by atoms with Gasteiger partial charge in [0.05, 0.1) is 0 Å². The molecule has 0 heterocycles. The van der Waals surface area contributed by atoms with E-state index in [9.17, 15) is 4.79 Å². The summed E-state index contributed by atoms with van der Waals surface area (Å²) < 4.78 is 0. The molecule has 1 rings (SSSR count). The number of anilines is 1. The van der Waals surface area contributed by atoms with E-state index in [2.05, 4.69) is 66.3 Å². The van der Waals surface area contributed by atoms with Crippen LogP contribution in [0.5, 0.6) is 0 Å². The zero-order valence-electron chi connectivity index (χ0n) is 15.5. The van der Waals surface area contributed by atoms with E-state index in [0.717, 1.165) is 5.69 Å². The number of rotatable bonds is 3. The summed E-state index contributed by atoms with van der Waals surface area (Å²) >= 11 is 0. The van der Waals surface area contributed by atoms with Crippen molar-refractivity contribution in [1.82, 2.24) is 0 Å². The Morgan fingerprint density at radius 1 is 1.09 bits per heavy atom. The standard InChI is InChI=1S/C20H31NO/c1-10-14(2)18(22)21(9)17-13-15(19(3,4)5)11-12-16(17)20(6,7)8/h11-13H,2,10H2,1,3-9H3. The third kappa shape index (κ3) is 4.00. The first-order valence-corrected chi connectivity index (χ1v) is 8.00. The number of hydrogen-bond acceptors (Lipinski definition) is 1. The lowest BCUT2D eigenvalue weighted by Crippen LogP contribution is -2.30. The van der Waals surface area contributed by atoms with Gasteiger partial charge in [0.1, 0.15) is 0 Å². The average Bonchev–Trinajstić information content (AvgIpc) is 2.42. The van der Waals surface area contributed by atoms with Crippen LogP contribution in [-0.2, 0) is 15.6 Å². The Balaban J connectivity index is 3.47. The van der Waals surface area contributed by atoms with Crippen LogP contribution in [0.15, 0.2) is 30.4 Å². The first-order chi connectivity index (χ1) is 9.89. The van der Waals surface area contributed by atoms with Crippen LogP contribution in [0, 0.1) is 0 Å². The number of carbonyl (C=O) groups excluding carboxylic acids is 1. The average molecular weight is 301 g/mol. The normalized spacial score (nSPS) is 12.2. The summed E-state index contributed by atoms with van der Waals surface area (Å²) in [5, 5.41) is 0. The molecule has 22 heavy (non-hydrogen) atoms. The van der Waals surface area contributed by atoms with Gasteiger partial charge in [-0.2, -0.15) is 0 Å². The number of nitrogens with zero attached hydrogens (tertiary/aromatic N) is 1. The van der Waals surface area contributed by atoms with Crippen LogP contribution in [0.1, 0.15) is 66.0 Å². The van der Waals surface area contributed by atoms with Crippen molar-refractivity contribution in [1.29, 1.82) is 0 Å². The minimum Gasteiger partial charge on any atom is -0.311 e.